The second-order valence-corrected chi connectivity index (χ2v) is 6.38. The Morgan fingerprint density at radius 2 is 2.00 bits per heavy atom. The fraction of sp³-hybridized carbons (Fsp3) is 0.300. The number of carbonyl (C=O) groups is 2. The summed E-state index contributed by atoms with van der Waals surface area (Å²) in [6.45, 7) is 2.43. The summed E-state index contributed by atoms with van der Waals surface area (Å²) in [7, 11) is 1.75. The van der Waals surface area contributed by atoms with Crippen LogP contribution in [0.5, 0.6) is 5.75 Å². The van der Waals surface area contributed by atoms with Crippen LogP contribution >= 0.6 is 0 Å². The molecule has 0 spiro atoms. The lowest BCUT2D eigenvalue weighted by Gasteiger charge is -2.24. The minimum atomic E-state index is -0.210. The summed E-state index contributed by atoms with van der Waals surface area (Å²) in [5.41, 5.74) is 2.77. The molecular weight excluding hydrogens is 316 g/mol. The number of hydrogen-bond donors (Lipinski definition) is 1. The number of benzene rings is 2. The van der Waals surface area contributed by atoms with E-state index in [0.717, 1.165) is 22.6 Å². The van der Waals surface area contributed by atoms with Gasteiger partial charge in [0.15, 0.2) is 0 Å². The molecule has 2 amide bonds. The lowest BCUT2D eigenvalue weighted by molar-refractivity contribution is -0.128. The molecule has 1 N–H and O–H groups in total. The fourth-order valence-electron chi connectivity index (χ4n) is 2.87. The molecule has 0 saturated carbocycles. The summed E-state index contributed by atoms with van der Waals surface area (Å²) in [5, 5.41) is 2.96. The zero-order valence-electron chi connectivity index (χ0n) is 14.5. The van der Waals surface area contributed by atoms with Crippen LogP contribution in [0, 0.1) is 5.92 Å². The van der Waals surface area contributed by atoms with Crippen LogP contribution < -0.4 is 10.1 Å². The molecule has 5 heteroatoms. The van der Waals surface area contributed by atoms with E-state index in [4.69, 9.17) is 4.74 Å². The van der Waals surface area contributed by atoms with Crippen molar-refractivity contribution < 1.29 is 14.3 Å². The Morgan fingerprint density at radius 1 is 1.20 bits per heavy atom. The molecule has 0 saturated heterocycles. The smallest absolute Gasteiger partial charge is 0.231 e. The quantitative estimate of drug-likeness (QED) is 0.932. The van der Waals surface area contributed by atoms with Gasteiger partial charge in [-0.15, -0.1) is 0 Å². The van der Waals surface area contributed by atoms with E-state index in [-0.39, 0.29) is 17.7 Å². The molecule has 3 rings (SSSR count). The number of carbonyl (C=O) groups excluding carboxylic acids is 2. The highest BCUT2D eigenvalue weighted by Crippen LogP contribution is 2.27. The van der Waals surface area contributed by atoms with Crippen molar-refractivity contribution in [2.75, 3.05) is 19.0 Å². The van der Waals surface area contributed by atoms with Crippen LogP contribution in [0.3, 0.4) is 0 Å². The predicted octanol–water partition coefficient (Wildman–Crippen LogP) is 2.85. The van der Waals surface area contributed by atoms with Crippen molar-refractivity contribution in [3.63, 3.8) is 0 Å². The van der Waals surface area contributed by atoms with Crippen LogP contribution in [0.15, 0.2) is 48.5 Å². The molecule has 0 fully saturated rings. The number of amides is 2. The highest BCUT2D eigenvalue weighted by Gasteiger charge is 2.25. The van der Waals surface area contributed by atoms with Crippen molar-refractivity contribution in [3.8, 4) is 5.75 Å². The van der Waals surface area contributed by atoms with E-state index < -0.39 is 0 Å². The Hall–Kier alpha value is -2.82. The monoisotopic (exact) mass is 338 g/mol. The van der Waals surface area contributed by atoms with Gasteiger partial charge in [0.1, 0.15) is 12.4 Å². The van der Waals surface area contributed by atoms with Gasteiger partial charge in [-0.05, 0) is 35.7 Å². The average molecular weight is 338 g/mol. The molecular formula is C20H22N2O3. The van der Waals surface area contributed by atoms with Gasteiger partial charge in [0.2, 0.25) is 11.8 Å². The van der Waals surface area contributed by atoms with E-state index in [0.29, 0.717) is 19.6 Å². The predicted molar refractivity (Wildman–Crippen MR) is 96.4 cm³/mol. The van der Waals surface area contributed by atoms with Gasteiger partial charge in [-0.3, -0.25) is 9.59 Å². The van der Waals surface area contributed by atoms with E-state index in [2.05, 4.69) is 5.32 Å². The van der Waals surface area contributed by atoms with Crippen LogP contribution in [0.4, 0.5) is 5.69 Å². The van der Waals surface area contributed by atoms with Gasteiger partial charge >= 0.3 is 0 Å². The first-order valence-electron chi connectivity index (χ1n) is 8.35. The maximum absolute atomic E-state index is 12.6. The number of rotatable bonds is 4. The zero-order chi connectivity index (χ0) is 17.8. The lowest BCUT2D eigenvalue weighted by atomic mass is 9.96. The molecule has 130 valence electrons. The maximum atomic E-state index is 12.6. The van der Waals surface area contributed by atoms with Gasteiger partial charge in [0.25, 0.3) is 0 Å². The number of anilines is 1. The number of nitrogens with zero attached hydrogens (tertiary/aromatic N) is 1. The topological polar surface area (TPSA) is 58.6 Å². The van der Waals surface area contributed by atoms with E-state index in [1.165, 1.54) is 6.92 Å². The molecule has 2 aromatic rings. The average Bonchev–Trinajstić information content (AvgIpc) is 2.61. The molecule has 2 aromatic carbocycles. The Labute approximate surface area is 147 Å². The zero-order valence-corrected chi connectivity index (χ0v) is 14.5. The minimum Gasteiger partial charge on any atom is -0.492 e. The van der Waals surface area contributed by atoms with Crippen LogP contribution in [0.1, 0.15) is 18.1 Å². The van der Waals surface area contributed by atoms with Gasteiger partial charge in [-0.2, -0.15) is 0 Å². The van der Waals surface area contributed by atoms with Crippen LogP contribution in [-0.2, 0) is 22.6 Å². The summed E-state index contributed by atoms with van der Waals surface area (Å²) in [5.74, 6) is 0.610. The number of fused-ring (bicyclic) bond motifs is 1. The Morgan fingerprint density at radius 3 is 2.80 bits per heavy atom. The summed E-state index contributed by atoms with van der Waals surface area (Å²) < 4.78 is 5.69. The molecule has 1 atom stereocenters. The second-order valence-electron chi connectivity index (χ2n) is 6.38. The maximum Gasteiger partial charge on any atom is 0.231 e. The van der Waals surface area contributed by atoms with Gasteiger partial charge < -0.3 is 15.0 Å². The summed E-state index contributed by atoms with van der Waals surface area (Å²) in [6.07, 6.45) is 0.675. The van der Waals surface area contributed by atoms with Crippen LogP contribution in [-0.4, -0.2) is 30.4 Å². The molecule has 1 aliphatic heterocycles. The first kappa shape index (κ1) is 17.0. The SMILES string of the molecule is CC(=O)N(C)Cc1cccc(NC(=O)C2COc3ccccc3C2)c1. The second kappa shape index (κ2) is 7.38. The number of hydrogen-bond acceptors (Lipinski definition) is 3. The van der Waals surface area contributed by atoms with Crippen molar-refractivity contribution in [1.82, 2.24) is 4.90 Å². The van der Waals surface area contributed by atoms with Gasteiger partial charge in [0, 0.05) is 26.2 Å². The standard InChI is InChI=1S/C20H22N2O3/c1-14(23)22(2)12-15-6-5-8-18(10-15)21-20(24)17-11-16-7-3-4-9-19(16)25-13-17/h3-10,17H,11-13H2,1-2H3,(H,21,24). The number of nitrogens with one attached hydrogen (secondary N) is 1. The lowest BCUT2D eigenvalue weighted by Crippen LogP contribution is -2.32. The van der Waals surface area contributed by atoms with E-state index in [1.807, 2.05) is 48.5 Å². The first-order valence-corrected chi connectivity index (χ1v) is 8.35. The van der Waals surface area contributed by atoms with Gasteiger partial charge in [-0.1, -0.05) is 30.3 Å². The summed E-state index contributed by atoms with van der Waals surface area (Å²) >= 11 is 0. The van der Waals surface area contributed by atoms with Crippen molar-refractivity contribution in [2.45, 2.75) is 19.9 Å². The fourth-order valence-corrected chi connectivity index (χ4v) is 2.87. The highest BCUT2D eigenvalue weighted by molar-refractivity contribution is 5.93. The molecule has 0 aromatic heterocycles. The minimum absolute atomic E-state index is 0.00691. The molecule has 1 heterocycles. The van der Waals surface area contributed by atoms with Crippen LogP contribution in [0.2, 0.25) is 0 Å². The molecule has 25 heavy (non-hydrogen) atoms. The molecule has 5 nitrogen and oxygen atoms in total. The van der Waals surface area contributed by atoms with Crippen molar-refractivity contribution in [2.24, 2.45) is 5.92 Å². The molecule has 0 bridgehead atoms. The Kier molecular flexibility index (Phi) is 5.03. The number of ether oxygens (including phenoxy) is 1. The van der Waals surface area contributed by atoms with E-state index >= 15 is 0 Å². The van der Waals surface area contributed by atoms with E-state index in [9.17, 15) is 9.59 Å². The third-order valence-corrected chi connectivity index (χ3v) is 4.40. The largest absolute Gasteiger partial charge is 0.492 e. The third-order valence-electron chi connectivity index (χ3n) is 4.40. The summed E-state index contributed by atoms with van der Waals surface area (Å²) in [6, 6.07) is 15.4. The molecule has 1 aliphatic rings. The first-order chi connectivity index (χ1) is 12.0. The van der Waals surface area contributed by atoms with Crippen LogP contribution in [0.25, 0.3) is 0 Å². The van der Waals surface area contributed by atoms with Crippen molar-refractivity contribution in [1.29, 1.82) is 0 Å². The van der Waals surface area contributed by atoms with Gasteiger partial charge in [-0.25, -0.2) is 0 Å². The highest BCUT2D eigenvalue weighted by atomic mass is 16.5. The molecule has 1 unspecified atom stereocenters. The third kappa shape index (κ3) is 4.18. The Bertz CT molecular complexity index is 788. The normalized spacial score (nSPS) is 15.7. The van der Waals surface area contributed by atoms with Crippen molar-refractivity contribution >= 4 is 17.5 Å². The Balaban J connectivity index is 1.64. The number of para-hydroxylation sites is 1. The van der Waals surface area contributed by atoms with Gasteiger partial charge in [0.05, 0.1) is 5.92 Å². The van der Waals surface area contributed by atoms with E-state index in [1.54, 1.807) is 11.9 Å². The molecule has 0 radical (unpaired) electrons. The molecule has 0 aliphatic carbocycles. The van der Waals surface area contributed by atoms with Crippen molar-refractivity contribution in [3.05, 3.63) is 59.7 Å². The summed E-state index contributed by atoms with van der Waals surface area (Å²) in [4.78, 5) is 25.6.